The zero-order chi connectivity index (χ0) is 15.0. The number of thiocarbonyl (C=S) groups is 1. The van der Waals surface area contributed by atoms with Gasteiger partial charge in [0.25, 0.3) is 0 Å². The van der Waals surface area contributed by atoms with E-state index in [-0.39, 0.29) is 5.41 Å². The Morgan fingerprint density at radius 3 is 2.50 bits per heavy atom. The minimum absolute atomic E-state index is 0.167. The predicted molar refractivity (Wildman–Crippen MR) is 88.3 cm³/mol. The highest BCUT2D eigenvalue weighted by molar-refractivity contribution is 7.80. The van der Waals surface area contributed by atoms with E-state index in [1.807, 2.05) is 12.1 Å². The second kappa shape index (κ2) is 7.97. The first-order valence-electron chi connectivity index (χ1n) is 6.60. The maximum absolute atomic E-state index is 5.06. The Balaban J connectivity index is 2.44. The quantitative estimate of drug-likeness (QED) is 0.379. The molecule has 0 aliphatic carbocycles. The molecule has 4 nitrogen and oxygen atoms in total. The number of benzene rings is 1. The minimum Gasteiger partial charge on any atom is -0.383 e. The van der Waals surface area contributed by atoms with Gasteiger partial charge in [0.1, 0.15) is 0 Å². The van der Waals surface area contributed by atoms with Crippen LogP contribution in [0.25, 0.3) is 0 Å². The van der Waals surface area contributed by atoms with Gasteiger partial charge in [0.05, 0.1) is 12.8 Å². The normalized spacial score (nSPS) is 11.6. The Hall–Kier alpha value is -1.46. The van der Waals surface area contributed by atoms with Crippen LogP contribution in [0.5, 0.6) is 0 Å². The highest BCUT2D eigenvalue weighted by Crippen LogP contribution is 2.21. The van der Waals surface area contributed by atoms with Crippen LogP contribution in [-0.2, 0) is 10.2 Å². The Bertz CT molecular complexity index is 449. The van der Waals surface area contributed by atoms with Crippen molar-refractivity contribution >= 4 is 23.5 Å². The molecule has 20 heavy (non-hydrogen) atoms. The van der Waals surface area contributed by atoms with Gasteiger partial charge in [-0.3, -0.25) is 5.43 Å². The van der Waals surface area contributed by atoms with Crippen molar-refractivity contribution in [3.05, 3.63) is 35.4 Å². The first kappa shape index (κ1) is 16.6. The lowest BCUT2D eigenvalue weighted by Crippen LogP contribution is -2.34. The second-order valence-electron chi connectivity index (χ2n) is 5.49. The Morgan fingerprint density at radius 1 is 1.30 bits per heavy atom. The van der Waals surface area contributed by atoms with Crippen LogP contribution in [0.2, 0.25) is 0 Å². The van der Waals surface area contributed by atoms with Gasteiger partial charge in [-0.25, -0.2) is 0 Å². The summed E-state index contributed by atoms with van der Waals surface area (Å²) >= 11 is 5.06. The van der Waals surface area contributed by atoms with E-state index in [2.05, 4.69) is 48.7 Å². The highest BCUT2D eigenvalue weighted by Gasteiger charge is 2.12. The van der Waals surface area contributed by atoms with E-state index in [0.717, 1.165) is 5.56 Å². The molecular formula is C15H23N3OS. The SMILES string of the molecule is COCCNC(=S)N/N=C/c1ccc(C(C)(C)C)cc1. The molecule has 0 aromatic heterocycles. The van der Waals surface area contributed by atoms with Gasteiger partial charge in [0.2, 0.25) is 0 Å². The standard InChI is InChI=1S/C15H23N3OS/c1-15(2,3)13-7-5-12(6-8-13)11-17-18-14(20)16-9-10-19-4/h5-8,11H,9-10H2,1-4H3,(H2,16,18,20)/b17-11+. The summed E-state index contributed by atoms with van der Waals surface area (Å²) < 4.78 is 4.92. The molecule has 0 aliphatic rings. The van der Waals surface area contributed by atoms with Gasteiger partial charge in [-0.2, -0.15) is 5.10 Å². The average Bonchev–Trinajstić information content (AvgIpc) is 2.38. The van der Waals surface area contributed by atoms with Crippen molar-refractivity contribution in [1.82, 2.24) is 10.7 Å². The van der Waals surface area contributed by atoms with Crippen molar-refractivity contribution in [1.29, 1.82) is 0 Å². The minimum atomic E-state index is 0.167. The van der Waals surface area contributed by atoms with Gasteiger partial charge < -0.3 is 10.1 Å². The molecule has 0 fully saturated rings. The van der Waals surface area contributed by atoms with E-state index in [1.54, 1.807) is 13.3 Å². The number of hydrazone groups is 1. The number of hydrogen-bond acceptors (Lipinski definition) is 3. The topological polar surface area (TPSA) is 45.6 Å². The fraction of sp³-hybridized carbons (Fsp3) is 0.467. The fourth-order valence-corrected chi connectivity index (χ4v) is 1.70. The van der Waals surface area contributed by atoms with Gasteiger partial charge in [-0.15, -0.1) is 0 Å². The van der Waals surface area contributed by atoms with Gasteiger partial charge >= 0.3 is 0 Å². The van der Waals surface area contributed by atoms with Crippen LogP contribution in [0.3, 0.4) is 0 Å². The van der Waals surface area contributed by atoms with Crippen LogP contribution in [0.4, 0.5) is 0 Å². The Kier molecular flexibility index (Phi) is 6.61. The summed E-state index contributed by atoms with van der Waals surface area (Å²) in [5.74, 6) is 0. The Labute approximate surface area is 126 Å². The summed E-state index contributed by atoms with van der Waals surface area (Å²) in [5.41, 5.74) is 5.27. The molecule has 0 spiro atoms. The van der Waals surface area contributed by atoms with Crippen LogP contribution in [0.15, 0.2) is 29.4 Å². The number of ether oxygens (including phenoxy) is 1. The number of hydrogen-bond donors (Lipinski definition) is 2. The molecule has 5 heteroatoms. The number of methoxy groups -OCH3 is 1. The van der Waals surface area contributed by atoms with E-state index in [4.69, 9.17) is 17.0 Å². The molecule has 0 amide bonds. The summed E-state index contributed by atoms with van der Waals surface area (Å²) in [4.78, 5) is 0. The third-order valence-corrected chi connectivity index (χ3v) is 2.98. The third kappa shape index (κ3) is 6.12. The molecule has 0 aliphatic heterocycles. The van der Waals surface area contributed by atoms with Crippen LogP contribution >= 0.6 is 12.2 Å². The van der Waals surface area contributed by atoms with Crippen LogP contribution in [-0.4, -0.2) is 31.6 Å². The first-order chi connectivity index (χ1) is 9.43. The largest absolute Gasteiger partial charge is 0.383 e. The number of nitrogens with one attached hydrogen (secondary N) is 2. The van der Waals surface area contributed by atoms with E-state index < -0.39 is 0 Å². The molecule has 1 rings (SSSR count). The van der Waals surface area contributed by atoms with Crippen molar-refractivity contribution in [3.8, 4) is 0 Å². The summed E-state index contributed by atoms with van der Waals surface area (Å²) in [6, 6.07) is 8.34. The van der Waals surface area contributed by atoms with E-state index >= 15 is 0 Å². The highest BCUT2D eigenvalue weighted by atomic mass is 32.1. The van der Waals surface area contributed by atoms with Crippen molar-refractivity contribution in [2.75, 3.05) is 20.3 Å². The fourth-order valence-electron chi connectivity index (χ4n) is 1.54. The van der Waals surface area contributed by atoms with Crippen molar-refractivity contribution in [2.45, 2.75) is 26.2 Å². The van der Waals surface area contributed by atoms with Gasteiger partial charge in [0.15, 0.2) is 5.11 Å². The zero-order valence-electron chi connectivity index (χ0n) is 12.6. The lowest BCUT2D eigenvalue weighted by molar-refractivity contribution is 0.204. The summed E-state index contributed by atoms with van der Waals surface area (Å²) in [7, 11) is 1.65. The lowest BCUT2D eigenvalue weighted by Gasteiger charge is -2.18. The van der Waals surface area contributed by atoms with E-state index in [1.165, 1.54) is 5.56 Å². The molecule has 0 saturated carbocycles. The second-order valence-corrected chi connectivity index (χ2v) is 5.90. The third-order valence-electron chi connectivity index (χ3n) is 2.75. The molecule has 2 N–H and O–H groups in total. The maximum atomic E-state index is 5.06. The van der Waals surface area contributed by atoms with Gasteiger partial charge in [-0.05, 0) is 28.8 Å². The molecular weight excluding hydrogens is 270 g/mol. The van der Waals surface area contributed by atoms with Crippen LogP contribution in [0.1, 0.15) is 31.9 Å². The van der Waals surface area contributed by atoms with Gasteiger partial charge in [0, 0.05) is 13.7 Å². The predicted octanol–water partition coefficient (Wildman–Crippen LogP) is 2.43. The van der Waals surface area contributed by atoms with Gasteiger partial charge in [-0.1, -0.05) is 45.0 Å². The molecule has 0 bridgehead atoms. The summed E-state index contributed by atoms with van der Waals surface area (Å²) in [6.45, 7) is 7.86. The zero-order valence-corrected chi connectivity index (χ0v) is 13.4. The molecule has 1 aromatic carbocycles. The van der Waals surface area contributed by atoms with E-state index in [0.29, 0.717) is 18.3 Å². The van der Waals surface area contributed by atoms with Crippen molar-refractivity contribution in [2.24, 2.45) is 5.10 Å². The molecule has 0 heterocycles. The summed E-state index contributed by atoms with van der Waals surface area (Å²) in [6.07, 6.45) is 1.75. The molecule has 0 unspecified atom stereocenters. The first-order valence-corrected chi connectivity index (χ1v) is 7.00. The van der Waals surface area contributed by atoms with E-state index in [9.17, 15) is 0 Å². The smallest absolute Gasteiger partial charge is 0.187 e. The Morgan fingerprint density at radius 2 is 1.95 bits per heavy atom. The molecule has 1 aromatic rings. The molecule has 0 saturated heterocycles. The number of nitrogens with zero attached hydrogens (tertiary/aromatic N) is 1. The number of rotatable bonds is 5. The monoisotopic (exact) mass is 293 g/mol. The molecule has 0 radical (unpaired) electrons. The lowest BCUT2D eigenvalue weighted by atomic mass is 9.87. The van der Waals surface area contributed by atoms with Crippen LogP contribution in [0, 0.1) is 0 Å². The average molecular weight is 293 g/mol. The van der Waals surface area contributed by atoms with Crippen molar-refractivity contribution < 1.29 is 4.74 Å². The maximum Gasteiger partial charge on any atom is 0.187 e. The van der Waals surface area contributed by atoms with Crippen molar-refractivity contribution in [3.63, 3.8) is 0 Å². The molecule has 0 atom stereocenters. The van der Waals surface area contributed by atoms with Crippen LogP contribution < -0.4 is 10.7 Å². The summed E-state index contributed by atoms with van der Waals surface area (Å²) in [5, 5.41) is 7.56. The molecule has 110 valence electrons.